The number of hydrogen-bond acceptors (Lipinski definition) is 3. The van der Waals surface area contributed by atoms with Gasteiger partial charge in [0.05, 0.1) is 12.0 Å². The average molecular weight is 338 g/mol. The molecule has 0 aliphatic carbocycles. The van der Waals surface area contributed by atoms with Crippen LogP contribution in [0.3, 0.4) is 0 Å². The van der Waals surface area contributed by atoms with Gasteiger partial charge in [0.15, 0.2) is 0 Å². The number of aromatic nitrogens is 2. The zero-order valence-electron chi connectivity index (χ0n) is 14.3. The monoisotopic (exact) mass is 338 g/mol. The standard InChI is InChI=1S/C19H22N4O2/c1-13-20-8-10-23(13)14-5-4-9-22(12-14)18(24)11-16-15-6-2-3-7-17(15)21-19(16)25/h2-3,6-8,10,14,16H,4-5,9,11-12H2,1H3,(H,21,25)/t14-,16+/m1/s1. The number of imidazole rings is 1. The number of carbonyl (C=O) groups is 2. The predicted molar refractivity (Wildman–Crippen MR) is 94.2 cm³/mol. The molecule has 0 bridgehead atoms. The molecule has 0 unspecified atom stereocenters. The molecule has 2 aliphatic heterocycles. The first-order chi connectivity index (χ1) is 12.1. The number of likely N-dealkylation sites (tertiary alicyclic amines) is 1. The van der Waals surface area contributed by atoms with Gasteiger partial charge in [0, 0.05) is 37.6 Å². The van der Waals surface area contributed by atoms with Crippen LogP contribution in [0.15, 0.2) is 36.7 Å². The molecular weight excluding hydrogens is 316 g/mol. The van der Waals surface area contributed by atoms with Crippen LogP contribution in [-0.4, -0.2) is 39.4 Å². The van der Waals surface area contributed by atoms with Crippen LogP contribution in [0, 0.1) is 6.92 Å². The molecule has 2 amide bonds. The highest BCUT2D eigenvalue weighted by Crippen LogP contribution is 2.35. The van der Waals surface area contributed by atoms with E-state index in [2.05, 4.69) is 14.9 Å². The van der Waals surface area contributed by atoms with E-state index in [-0.39, 0.29) is 30.2 Å². The highest BCUT2D eigenvalue weighted by atomic mass is 16.2. The van der Waals surface area contributed by atoms with E-state index >= 15 is 0 Å². The van der Waals surface area contributed by atoms with Gasteiger partial charge in [-0.1, -0.05) is 18.2 Å². The summed E-state index contributed by atoms with van der Waals surface area (Å²) in [6.45, 7) is 3.44. The maximum absolute atomic E-state index is 12.8. The van der Waals surface area contributed by atoms with Crippen LogP contribution >= 0.6 is 0 Å². The summed E-state index contributed by atoms with van der Waals surface area (Å²) in [5, 5.41) is 2.87. The maximum atomic E-state index is 12.8. The number of rotatable bonds is 3. The summed E-state index contributed by atoms with van der Waals surface area (Å²) in [7, 11) is 0. The van der Waals surface area contributed by atoms with Gasteiger partial charge in [0.2, 0.25) is 11.8 Å². The second-order valence-electron chi connectivity index (χ2n) is 6.85. The molecule has 1 aromatic carbocycles. The van der Waals surface area contributed by atoms with Crippen molar-refractivity contribution in [2.24, 2.45) is 0 Å². The van der Waals surface area contributed by atoms with Crippen LogP contribution in [0.1, 0.15) is 42.6 Å². The molecule has 6 heteroatoms. The minimum absolute atomic E-state index is 0.0549. The number of carbonyl (C=O) groups excluding carboxylic acids is 2. The fraction of sp³-hybridized carbons (Fsp3) is 0.421. The fourth-order valence-corrected chi connectivity index (χ4v) is 3.96. The largest absolute Gasteiger partial charge is 0.341 e. The first kappa shape index (κ1) is 15.9. The fourth-order valence-electron chi connectivity index (χ4n) is 3.96. The van der Waals surface area contributed by atoms with Gasteiger partial charge in [-0.2, -0.15) is 0 Å². The summed E-state index contributed by atoms with van der Waals surface area (Å²) in [4.78, 5) is 31.3. The van der Waals surface area contributed by atoms with E-state index in [1.54, 1.807) is 6.20 Å². The molecule has 2 atom stereocenters. The number of nitrogens with zero attached hydrogens (tertiary/aromatic N) is 3. The van der Waals surface area contributed by atoms with Crippen molar-refractivity contribution in [1.29, 1.82) is 0 Å². The van der Waals surface area contributed by atoms with Crippen LogP contribution < -0.4 is 5.32 Å². The Hall–Kier alpha value is -2.63. The number of anilines is 1. The van der Waals surface area contributed by atoms with Crippen molar-refractivity contribution in [2.45, 2.75) is 38.1 Å². The average Bonchev–Trinajstić information content (AvgIpc) is 3.18. The van der Waals surface area contributed by atoms with Crippen LogP contribution in [-0.2, 0) is 9.59 Å². The van der Waals surface area contributed by atoms with Gasteiger partial charge in [0.25, 0.3) is 0 Å². The van der Waals surface area contributed by atoms with E-state index in [4.69, 9.17) is 0 Å². The summed E-state index contributed by atoms with van der Waals surface area (Å²) < 4.78 is 2.15. The minimum atomic E-state index is -0.376. The van der Waals surface area contributed by atoms with Crippen molar-refractivity contribution < 1.29 is 9.59 Å². The van der Waals surface area contributed by atoms with Gasteiger partial charge in [-0.3, -0.25) is 9.59 Å². The maximum Gasteiger partial charge on any atom is 0.232 e. The molecule has 6 nitrogen and oxygen atoms in total. The number of fused-ring (bicyclic) bond motifs is 1. The second kappa shape index (κ2) is 6.35. The molecule has 0 saturated carbocycles. The van der Waals surface area contributed by atoms with Gasteiger partial charge >= 0.3 is 0 Å². The van der Waals surface area contributed by atoms with Crippen molar-refractivity contribution in [2.75, 3.05) is 18.4 Å². The molecule has 2 aliphatic rings. The number of para-hydroxylation sites is 1. The van der Waals surface area contributed by atoms with Gasteiger partial charge in [0.1, 0.15) is 5.82 Å². The number of amides is 2. The van der Waals surface area contributed by atoms with Gasteiger partial charge < -0.3 is 14.8 Å². The number of hydrogen-bond donors (Lipinski definition) is 1. The molecule has 1 aromatic heterocycles. The van der Waals surface area contributed by atoms with Crippen molar-refractivity contribution >= 4 is 17.5 Å². The normalized spacial score (nSPS) is 22.6. The molecule has 2 aromatic rings. The Labute approximate surface area is 146 Å². The van der Waals surface area contributed by atoms with E-state index in [0.717, 1.165) is 36.5 Å². The summed E-state index contributed by atoms with van der Waals surface area (Å²) in [6, 6.07) is 7.89. The lowest BCUT2D eigenvalue weighted by atomic mass is 9.95. The van der Waals surface area contributed by atoms with E-state index < -0.39 is 0 Å². The Morgan fingerprint density at radius 2 is 2.20 bits per heavy atom. The van der Waals surface area contributed by atoms with Crippen LogP contribution in [0.25, 0.3) is 0 Å². The van der Waals surface area contributed by atoms with Crippen molar-refractivity contribution in [3.63, 3.8) is 0 Å². The molecular formula is C19H22N4O2. The van der Waals surface area contributed by atoms with E-state index in [9.17, 15) is 9.59 Å². The molecule has 1 N–H and O–H groups in total. The summed E-state index contributed by atoms with van der Waals surface area (Å²) in [5.41, 5.74) is 1.76. The smallest absolute Gasteiger partial charge is 0.232 e. The zero-order chi connectivity index (χ0) is 17.4. The predicted octanol–water partition coefficient (Wildman–Crippen LogP) is 2.48. The number of aryl methyl sites for hydroxylation is 1. The highest BCUT2D eigenvalue weighted by molar-refractivity contribution is 6.04. The lowest BCUT2D eigenvalue weighted by Gasteiger charge is -2.34. The van der Waals surface area contributed by atoms with E-state index in [1.165, 1.54) is 0 Å². The van der Waals surface area contributed by atoms with E-state index in [0.29, 0.717) is 6.54 Å². The molecule has 3 heterocycles. The summed E-state index contributed by atoms with van der Waals surface area (Å²) in [6.07, 6.45) is 6.04. The first-order valence-corrected chi connectivity index (χ1v) is 8.80. The van der Waals surface area contributed by atoms with Gasteiger partial charge in [-0.15, -0.1) is 0 Å². The third kappa shape index (κ3) is 2.92. The summed E-state index contributed by atoms with van der Waals surface area (Å²) in [5.74, 6) is 0.579. The molecule has 0 radical (unpaired) electrons. The third-order valence-corrected chi connectivity index (χ3v) is 5.29. The van der Waals surface area contributed by atoms with Crippen LogP contribution in [0.4, 0.5) is 5.69 Å². The quantitative estimate of drug-likeness (QED) is 0.935. The highest BCUT2D eigenvalue weighted by Gasteiger charge is 2.34. The Morgan fingerprint density at radius 1 is 1.36 bits per heavy atom. The second-order valence-corrected chi connectivity index (χ2v) is 6.85. The topological polar surface area (TPSA) is 67.2 Å². The Morgan fingerprint density at radius 3 is 3.00 bits per heavy atom. The lowest BCUT2D eigenvalue weighted by Crippen LogP contribution is -2.41. The lowest BCUT2D eigenvalue weighted by molar-refractivity contribution is -0.134. The Balaban J connectivity index is 1.46. The zero-order valence-corrected chi connectivity index (χ0v) is 14.3. The first-order valence-electron chi connectivity index (χ1n) is 8.80. The third-order valence-electron chi connectivity index (χ3n) is 5.29. The SMILES string of the molecule is Cc1nccn1[C@@H]1CCCN(C(=O)C[C@@H]2C(=O)Nc3ccccc32)C1. The van der Waals surface area contributed by atoms with Crippen LogP contribution in [0.2, 0.25) is 0 Å². The molecule has 1 fully saturated rings. The molecule has 0 spiro atoms. The molecule has 25 heavy (non-hydrogen) atoms. The van der Waals surface area contributed by atoms with Gasteiger partial charge in [-0.05, 0) is 31.4 Å². The summed E-state index contributed by atoms with van der Waals surface area (Å²) >= 11 is 0. The van der Waals surface area contributed by atoms with Gasteiger partial charge in [-0.25, -0.2) is 4.98 Å². The minimum Gasteiger partial charge on any atom is -0.341 e. The Kier molecular flexibility index (Phi) is 4.03. The number of piperidine rings is 1. The molecule has 130 valence electrons. The van der Waals surface area contributed by atoms with Crippen LogP contribution in [0.5, 0.6) is 0 Å². The Bertz CT molecular complexity index is 813. The molecule has 1 saturated heterocycles. The van der Waals surface area contributed by atoms with Crippen molar-refractivity contribution in [3.05, 3.63) is 48.0 Å². The molecule has 4 rings (SSSR count). The van der Waals surface area contributed by atoms with Crippen molar-refractivity contribution in [1.82, 2.24) is 14.5 Å². The number of benzene rings is 1. The van der Waals surface area contributed by atoms with E-state index in [1.807, 2.05) is 42.3 Å². The van der Waals surface area contributed by atoms with Crippen molar-refractivity contribution in [3.8, 4) is 0 Å². The number of nitrogens with one attached hydrogen (secondary N) is 1.